The predicted molar refractivity (Wildman–Crippen MR) is 90.7 cm³/mol. The Hall–Kier alpha value is -1.82. The molecular weight excluding hydrogens is 362 g/mol. The van der Waals surface area contributed by atoms with Crippen LogP contribution in [0.25, 0.3) is 4.48 Å². The summed E-state index contributed by atoms with van der Waals surface area (Å²) in [4.78, 5) is 26.2. The van der Waals surface area contributed by atoms with Gasteiger partial charge in [0.25, 0.3) is 0 Å². The predicted octanol–water partition coefficient (Wildman–Crippen LogP) is 4.09. The highest BCUT2D eigenvalue weighted by molar-refractivity contribution is 9.15. The van der Waals surface area contributed by atoms with Crippen molar-refractivity contribution in [3.05, 3.63) is 41.6 Å². The standard InChI is InChI=1S/C17H20BrNO4/c1-5-23-16(21)19-10-13(18)11-8-6-7-9-12(11)14(19)17(2,3)15(20)22-4/h6-10,14H,5H2,1-4H3. The zero-order chi connectivity index (χ0) is 17.2. The first-order chi connectivity index (χ1) is 10.8. The van der Waals surface area contributed by atoms with Gasteiger partial charge in [-0.1, -0.05) is 24.3 Å². The first-order valence-corrected chi connectivity index (χ1v) is 8.14. The molecule has 1 aromatic carbocycles. The van der Waals surface area contributed by atoms with Crippen LogP contribution in [0, 0.1) is 5.41 Å². The molecule has 5 nitrogen and oxygen atoms in total. The number of ether oxygens (including phenoxy) is 2. The largest absolute Gasteiger partial charge is 0.469 e. The van der Waals surface area contributed by atoms with Crippen molar-refractivity contribution in [1.29, 1.82) is 0 Å². The van der Waals surface area contributed by atoms with Gasteiger partial charge in [-0.25, -0.2) is 4.79 Å². The Morgan fingerprint density at radius 2 is 1.96 bits per heavy atom. The number of benzene rings is 1. The zero-order valence-corrected chi connectivity index (χ0v) is 15.2. The van der Waals surface area contributed by atoms with E-state index in [4.69, 9.17) is 9.47 Å². The van der Waals surface area contributed by atoms with Crippen molar-refractivity contribution >= 4 is 32.5 Å². The van der Waals surface area contributed by atoms with E-state index in [9.17, 15) is 9.59 Å². The van der Waals surface area contributed by atoms with Crippen molar-refractivity contribution in [3.8, 4) is 0 Å². The van der Waals surface area contributed by atoms with Gasteiger partial charge in [0.2, 0.25) is 0 Å². The van der Waals surface area contributed by atoms with Gasteiger partial charge >= 0.3 is 12.1 Å². The molecule has 0 aromatic heterocycles. The topological polar surface area (TPSA) is 55.8 Å². The normalized spacial score (nSPS) is 17.2. The van der Waals surface area contributed by atoms with Crippen LogP contribution in [0.4, 0.5) is 4.79 Å². The molecule has 0 bridgehead atoms. The van der Waals surface area contributed by atoms with E-state index < -0.39 is 23.5 Å². The first kappa shape index (κ1) is 17.5. The van der Waals surface area contributed by atoms with Gasteiger partial charge in [0.15, 0.2) is 0 Å². The average Bonchev–Trinajstić information content (AvgIpc) is 2.53. The number of halogens is 1. The minimum Gasteiger partial charge on any atom is -0.469 e. The van der Waals surface area contributed by atoms with E-state index in [1.54, 1.807) is 27.0 Å². The summed E-state index contributed by atoms with van der Waals surface area (Å²) in [5.41, 5.74) is 0.863. The minimum atomic E-state index is -0.943. The maximum atomic E-state index is 12.4. The fourth-order valence-corrected chi connectivity index (χ4v) is 3.42. The number of esters is 1. The van der Waals surface area contributed by atoms with E-state index in [0.29, 0.717) is 0 Å². The Balaban J connectivity index is 2.61. The second-order valence-electron chi connectivity index (χ2n) is 5.79. The smallest absolute Gasteiger partial charge is 0.414 e. The molecule has 0 fully saturated rings. The molecular formula is C17H20BrNO4. The lowest BCUT2D eigenvalue weighted by Gasteiger charge is -2.41. The van der Waals surface area contributed by atoms with E-state index in [1.165, 1.54) is 12.0 Å². The number of carbonyl (C=O) groups is 2. The maximum Gasteiger partial charge on any atom is 0.414 e. The summed E-state index contributed by atoms with van der Waals surface area (Å²) < 4.78 is 10.9. The van der Waals surface area contributed by atoms with Crippen molar-refractivity contribution in [1.82, 2.24) is 4.90 Å². The Bertz CT molecular complexity index is 654. The van der Waals surface area contributed by atoms with Gasteiger partial charge in [0.05, 0.1) is 25.2 Å². The quantitative estimate of drug-likeness (QED) is 0.739. The van der Waals surface area contributed by atoms with Crippen LogP contribution in [0.2, 0.25) is 0 Å². The molecule has 0 spiro atoms. The lowest BCUT2D eigenvalue weighted by molar-refractivity contribution is -0.154. The SMILES string of the molecule is CCOC(=O)N1C=C(Br)c2ccccc2C1C(C)(C)C(=O)OC. The summed E-state index contributed by atoms with van der Waals surface area (Å²) in [6.45, 7) is 5.53. The third-order valence-electron chi connectivity index (χ3n) is 3.92. The van der Waals surface area contributed by atoms with Gasteiger partial charge in [-0.15, -0.1) is 0 Å². The molecule has 1 aromatic rings. The average molecular weight is 382 g/mol. The highest BCUT2D eigenvalue weighted by Crippen LogP contribution is 2.47. The molecule has 1 unspecified atom stereocenters. The number of fused-ring (bicyclic) bond motifs is 1. The van der Waals surface area contributed by atoms with Crippen molar-refractivity contribution in [3.63, 3.8) is 0 Å². The Kier molecular flexibility index (Phi) is 5.14. The molecule has 23 heavy (non-hydrogen) atoms. The van der Waals surface area contributed by atoms with Gasteiger partial charge in [-0.2, -0.15) is 0 Å². The van der Waals surface area contributed by atoms with Crippen LogP contribution < -0.4 is 0 Å². The molecule has 1 aliphatic heterocycles. The first-order valence-electron chi connectivity index (χ1n) is 7.34. The fourth-order valence-electron chi connectivity index (χ4n) is 2.84. The van der Waals surface area contributed by atoms with E-state index in [-0.39, 0.29) is 6.61 Å². The molecule has 1 amide bonds. The van der Waals surface area contributed by atoms with Crippen molar-refractivity contribution in [2.24, 2.45) is 5.41 Å². The second-order valence-corrected chi connectivity index (χ2v) is 6.64. The Morgan fingerprint density at radius 3 is 2.57 bits per heavy atom. The van der Waals surface area contributed by atoms with Crippen molar-refractivity contribution < 1.29 is 19.1 Å². The summed E-state index contributed by atoms with van der Waals surface area (Å²) in [5, 5.41) is 0. The molecule has 2 rings (SSSR count). The Labute approximate surface area is 144 Å². The van der Waals surface area contributed by atoms with Crippen LogP contribution in [0.5, 0.6) is 0 Å². The fraction of sp³-hybridized carbons (Fsp3) is 0.412. The summed E-state index contributed by atoms with van der Waals surface area (Å²) in [7, 11) is 1.35. The van der Waals surface area contributed by atoms with Crippen LogP contribution in [0.15, 0.2) is 30.5 Å². The third kappa shape index (κ3) is 3.13. The number of methoxy groups -OCH3 is 1. The van der Waals surface area contributed by atoms with E-state index in [2.05, 4.69) is 15.9 Å². The molecule has 1 aliphatic rings. The third-order valence-corrected chi connectivity index (χ3v) is 4.55. The molecule has 0 radical (unpaired) electrons. The molecule has 0 saturated heterocycles. The molecule has 0 N–H and O–H groups in total. The zero-order valence-electron chi connectivity index (χ0n) is 13.6. The summed E-state index contributed by atoms with van der Waals surface area (Å²) in [6, 6.07) is 7.13. The molecule has 0 saturated carbocycles. The summed E-state index contributed by atoms with van der Waals surface area (Å²) in [6.07, 6.45) is 1.16. The highest BCUT2D eigenvalue weighted by Gasteiger charge is 2.46. The number of rotatable bonds is 3. The molecule has 6 heteroatoms. The minimum absolute atomic E-state index is 0.258. The lowest BCUT2D eigenvalue weighted by Crippen LogP contribution is -2.45. The molecule has 124 valence electrons. The van der Waals surface area contributed by atoms with Gasteiger partial charge in [-0.3, -0.25) is 9.69 Å². The van der Waals surface area contributed by atoms with Crippen LogP contribution in [-0.2, 0) is 14.3 Å². The second kappa shape index (κ2) is 6.74. The van der Waals surface area contributed by atoms with Crippen LogP contribution >= 0.6 is 15.9 Å². The number of carbonyl (C=O) groups excluding carboxylic acids is 2. The Morgan fingerprint density at radius 1 is 1.30 bits per heavy atom. The number of amides is 1. The van der Waals surface area contributed by atoms with Gasteiger partial charge < -0.3 is 9.47 Å². The molecule has 0 aliphatic carbocycles. The monoisotopic (exact) mass is 381 g/mol. The number of hydrogen-bond donors (Lipinski definition) is 0. The highest BCUT2D eigenvalue weighted by atomic mass is 79.9. The van der Waals surface area contributed by atoms with Gasteiger partial charge in [0, 0.05) is 10.7 Å². The van der Waals surface area contributed by atoms with E-state index in [1.807, 2.05) is 24.3 Å². The van der Waals surface area contributed by atoms with Gasteiger partial charge in [0.1, 0.15) is 0 Å². The number of nitrogens with zero attached hydrogens (tertiary/aromatic N) is 1. The van der Waals surface area contributed by atoms with Crippen LogP contribution in [0.1, 0.15) is 37.9 Å². The maximum absolute atomic E-state index is 12.4. The van der Waals surface area contributed by atoms with Crippen LogP contribution in [-0.4, -0.2) is 30.7 Å². The van der Waals surface area contributed by atoms with Crippen LogP contribution in [0.3, 0.4) is 0 Å². The number of hydrogen-bond acceptors (Lipinski definition) is 4. The van der Waals surface area contributed by atoms with E-state index in [0.717, 1.165) is 15.6 Å². The summed E-state index contributed by atoms with van der Waals surface area (Å²) >= 11 is 3.49. The molecule has 1 atom stereocenters. The van der Waals surface area contributed by atoms with E-state index >= 15 is 0 Å². The van der Waals surface area contributed by atoms with Gasteiger partial charge in [-0.05, 0) is 47.8 Å². The lowest BCUT2D eigenvalue weighted by atomic mass is 9.77. The van der Waals surface area contributed by atoms with Crippen molar-refractivity contribution in [2.45, 2.75) is 26.8 Å². The van der Waals surface area contributed by atoms with Crippen molar-refractivity contribution in [2.75, 3.05) is 13.7 Å². The molecule has 1 heterocycles. The summed E-state index contributed by atoms with van der Waals surface area (Å²) in [5.74, 6) is -0.391.